The van der Waals surface area contributed by atoms with Crippen LogP contribution in [0.1, 0.15) is 33.3 Å². The van der Waals surface area contributed by atoms with Gasteiger partial charge in [-0.1, -0.05) is 0 Å². The highest BCUT2D eigenvalue weighted by Gasteiger charge is 2.30. The first kappa shape index (κ1) is 18.4. The maximum absolute atomic E-state index is 12.6. The maximum atomic E-state index is 12.6. The molecular weight excluding hydrogens is 361 g/mol. The third-order valence-corrected chi connectivity index (χ3v) is 3.75. The van der Waals surface area contributed by atoms with Crippen molar-refractivity contribution in [3.05, 3.63) is 71.6 Å². The summed E-state index contributed by atoms with van der Waals surface area (Å²) in [5.41, 5.74) is 0.473. The molecule has 0 bridgehead atoms. The van der Waals surface area contributed by atoms with Crippen LogP contribution in [0.25, 0.3) is 11.5 Å². The molecule has 1 N–H and O–H groups in total. The number of nitrogens with one attached hydrogen (secondary N) is 1. The Hall–Kier alpha value is -3.42. The van der Waals surface area contributed by atoms with Crippen LogP contribution in [0.5, 0.6) is 0 Å². The Labute approximate surface area is 151 Å². The summed E-state index contributed by atoms with van der Waals surface area (Å²) in [4.78, 5) is 27.5. The van der Waals surface area contributed by atoms with Crippen molar-refractivity contribution in [1.29, 1.82) is 0 Å². The lowest BCUT2D eigenvalue weighted by Gasteiger charge is -2.06. The second-order valence-electron chi connectivity index (χ2n) is 5.70. The van der Waals surface area contributed by atoms with Crippen molar-refractivity contribution in [3.8, 4) is 11.5 Å². The van der Waals surface area contributed by atoms with Crippen molar-refractivity contribution in [3.63, 3.8) is 0 Å². The Balaban J connectivity index is 1.73. The molecule has 0 aliphatic heterocycles. The Morgan fingerprint density at radius 3 is 2.19 bits per heavy atom. The van der Waals surface area contributed by atoms with Crippen LogP contribution in [-0.2, 0) is 6.18 Å². The van der Waals surface area contributed by atoms with Gasteiger partial charge in [0, 0.05) is 16.8 Å². The van der Waals surface area contributed by atoms with Crippen LogP contribution in [0.15, 0.2) is 59.2 Å². The van der Waals surface area contributed by atoms with Crippen LogP contribution in [0.3, 0.4) is 0 Å². The molecule has 0 saturated heterocycles. The molecule has 0 aliphatic rings. The number of alkyl halides is 3. The average Bonchev–Trinajstić information content (AvgIpc) is 3.12. The van der Waals surface area contributed by atoms with Crippen LogP contribution in [0.4, 0.5) is 18.9 Å². The molecule has 0 fully saturated rings. The van der Waals surface area contributed by atoms with Gasteiger partial charge in [0.1, 0.15) is 6.26 Å². The van der Waals surface area contributed by atoms with E-state index in [1.165, 1.54) is 19.1 Å². The lowest BCUT2D eigenvalue weighted by Crippen LogP contribution is -2.12. The minimum absolute atomic E-state index is 0.0273. The topological polar surface area (TPSA) is 72.2 Å². The zero-order chi connectivity index (χ0) is 19.6. The Morgan fingerprint density at radius 1 is 1.00 bits per heavy atom. The van der Waals surface area contributed by atoms with E-state index in [4.69, 9.17) is 4.42 Å². The molecule has 1 amide bonds. The first-order chi connectivity index (χ1) is 12.7. The summed E-state index contributed by atoms with van der Waals surface area (Å²) in [5.74, 6) is -0.612. The first-order valence-corrected chi connectivity index (χ1v) is 7.79. The molecular formula is C19H13F3N2O3. The van der Waals surface area contributed by atoms with E-state index >= 15 is 0 Å². The predicted molar refractivity (Wildman–Crippen MR) is 91.3 cm³/mol. The highest BCUT2D eigenvalue weighted by Crippen LogP contribution is 2.30. The molecule has 8 heteroatoms. The molecule has 3 rings (SSSR count). The summed E-state index contributed by atoms with van der Waals surface area (Å²) in [7, 11) is 0. The fourth-order valence-corrected chi connectivity index (χ4v) is 2.30. The van der Waals surface area contributed by atoms with E-state index < -0.39 is 17.6 Å². The number of hydrogen-bond donors (Lipinski definition) is 1. The summed E-state index contributed by atoms with van der Waals surface area (Å²) >= 11 is 0. The van der Waals surface area contributed by atoms with E-state index in [-0.39, 0.29) is 17.4 Å². The molecule has 0 aliphatic carbocycles. The number of ketones is 1. The number of carbonyl (C=O) groups excluding carboxylic acids is 2. The molecule has 27 heavy (non-hydrogen) atoms. The molecule has 3 aromatic rings. The minimum atomic E-state index is -4.43. The number of oxazole rings is 1. The third-order valence-electron chi connectivity index (χ3n) is 3.75. The number of aromatic nitrogens is 1. The van der Waals surface area contributed by atoms with Crippen molar-refractivity contribution >= 4 is 17.4 Å². The molecule has 0 unspecified atom stereocenters. The fraction of sp³-hybridized carbons (Fsp3) is 0.105. The van der Waals surface area contributed by atoms with E-state index in [1.54, 1.807) is 24.3 Å². The number of benzene rings is 2. The molecule has 1 heterocycles. The van der Waals surface area contributed by atoms with Gasteiger partial charge in [-0.15, -0.1) is 0 Å². The maximum Gasteiger partial charge on any atom is 0.416 e. The highest BCUT2D eigenvalue weighted by molar-refractivity contribution is 6.03. The van der Waals surface area contributed by atoms with Crippen LogP contribution in [0.2, 0.25) is 0 Å². The van der Waals surface area contributed by atoms with Crippen LogP contribution in [-0.4, -0.2) is 16.7 Å². The van der Waals surface area contributed by atoms with Gasteiger partial charge in [-0.2, -0.15) is 13.2 Å². The number of amides is 1. The molecule has 1 aromatic heterocycles. The molecule has 0 saturated carbocycles. The lowest BCUT2D eigenvalue weighted by atomic mass is 10.1. The summed E-state index contributed by atoms with van der Waals surface area (Å²) in [6.45, 7) is 1.44. The van der Waals surface area contributed by atoms with Gasteiger partial charge < -0.3 is 9.73 Å². The number of anilines is 1. The third kappa shape index (κ3) is 4.22. The van der Waals surface area contributed by atoms with Gasteiger partial charge in [0.2, 0.25) is 5.89 Å². The van der Waals surface area contributed by atoms with Crippen LogP contribution in [0, 0.1) is 0 Å². The SMILES string of the molecule is CC(=O)c1ccc(NC(=O)c2coc(-c3ccc(C(F)(F)F)cc3)n2)cc1. The predicted octanol–water partition coefficient (Wildman–Crippen LogP) is 4.82. The molecule has 0 spiro atoms. The average molecular weight is 374 g/mol. The van der Waals surface area contributed by atoms with Crippen molar-refractivity contribution in [2.24, 2.45) is 0 Å². The Kier molecular flexibility index (Phi) is 4.81. The van der Waals surface area contributed by atoms with E-state index in [1.807, 2.05) is 0 Å². The Morgan fingerprint density at radius 2 is 1.63 bits per heavy atom. The number of carbonyl (C=O) groups is 2. The molecule has 2 aromatic carbocycles. The molecule has 138 valence electrons. The minimum Gasteiger partial charge on any atom is -0.444 e. The monoisotopic (exact) mass is 374 g/mol. The van der Waals surface area contributed by atoms with Crippen molar-refractivity contribution < 1.29 is 27.2 Å². The van der Waals surface area contributed by atoms with Gasteiger partial charge in [0.15, 0.2) is 11.5 Å². The fourth-order valence-electron chi connectivity index (χ4n) is 2.30. The van der Waals surface area contributed by atoms with Crippen molar-refractivity contribution in [1.82, 2.24) is 4.98 Å². The van der Waals surface area contributed by atoms with Gasteiger partial charge in [-0.3, -0.25) is 9.59 Å². The number of rotatable bonds is 4. The molecule has 0 atom stereocenters. The normalized spacial score (nSPS) is 11.3. The number of hydrogen-bond acceptors (Lipinski definition) is 4. The largest absolute Gasteiger partial charge is 0.444 e. The molecule has 5 nitrogen and oxygen atoms in total. The van der Waals surface area contributed by atoms with Crippen LogP contribution >= 0.6 is 0 Å². The second-order valence-corrected chi connectivity index (χ2v) is 5.70. The summed E-state index contributed by atoms with van der Waals surface area (Å²) < 4.78 is 43.0. The number of Topliss-reactive ketones (excluding diaryl/α,β-unsaturated/α-hetero) is 1. The Bertz CT molecular complexity index is 975. The highest BCUT2D eigenvalue weighted by atomic mass is 19.4. The van der Waals surface area contributed by atoms with Gasteiger partial charge >= 0.3 is 6.18 Å². The summed E-state index contributed by atoms with van der Waals surface area (Å²) in [6, 6.07) is 10.6. The summed E-state index contributed by atoms with van der Waals surface area (Å²) in [6.07, 6.45) is -3.32. The zero-order valence-corrected chi connectivity index (χ0v) is 14.0. The number of halogens is 3. The van der Waals surface area contributed by atoms with E-state index in [0.717, 1.165) is 18.4 Å². The van der Waals surface area contributed by atoms with E-state index in [2.05, 4.69) is 10.3 Å². The van der Waals surface area contributed by atoms with Gasteiger partial charge in [0.25, 0.3) is 5.91 Å². The number of nitrogens with zero attached hydrogens (tertiary/aromatic N) is 1. The standard InChI is InChI=1S/C19H13F3N2O3/c1-11(25)12-4-8-15(9-5-12)23-17(26)16-10-27-18(24-16)13-2-6-14(7-3-13)19(20,21)22/h2-10H,1H3,(H,23,26). The second kappa shape index (κ2) is 7.06. The smallest absolute Gasteiger partial charge is 0.416 e. The van der Waals surface area contributed by atoms with Gasteiger partial charge in [-0.05, 0) is 55.5 Å². The van der Waals surface area contributed by atoms with Crippen molar-refractivity contribution in [2.45, 2.75) is 13.1 Å². The van der Waals surface area contributed by atoms with E-state index in [0.29, 0.717) is 16.8 Å². The first-order valence-electron chi connectivity index (χ1n) is 7.79. The molecule has 0 radical (unpaired) electrons. The zero-order valence-electron chi connectivity index (χ0n) is 14.0. The summed E-state index contributed by atoms with van der Waals surface area (Å²) in [5, 5.41) is 2.60. The van der Waals surface area contributed by atoms with Crippen molar-refractivity contribution in [2.75, 3.05) is 5.32 Å². The van der Waals surface area contributed by atoms with Gasteiger partial charge in [-0.25, -0.2) is 4.98 Å². The lowest BCUT2D eigenvalue weighted by molar-refractivity contribution is -0.137. The van der Waals surface area contributed by atoms with E-state index in [9.17, 15) is 22.8 Å². The van der Waals surface area contributed by atoms with Crippen LogP contribution < -0.4 is 5.32 Å². The van der Waals surface area contributed by atoms with Gasteiger partial charge in [0.05, 0.1) is 5.56 Å². The quantitative estimate of drug-likeness (QED) is 0.665.